The van der Waals surface area contributed by atoms with E-state index in [1.807, 2.05) is 23.2 Å². The van der Waals surface area contributed by atoms with E-state index in [1.165, 1.54) is 10.9 Å². The normalized spacial score (nSPS) is 20.2. The molecular formula is C25H42N6OS. The molecule has 1 amide bonds. The molecule has 184 valence electrons. The number of piperazine rings is 1. The second-order valence-electron chi connectivity index (χ2n) is 9.71. The summed E-state index contributed by atoms with van der Waals surface area (Å²) in [6.07, 6.45) is 4.59. The maximum absolute atomic E-state index is 12.9. The number of H-pyrrole nitrogens is 1. The molecule has 3 rings (SSSR count). The molecule has 2 heterocycles. The second kappa shape index (κ2) is 11.2. The highest BCUT2D eigenvalue weighted by Gasteiger charge is 2.29. The molecule has 1 saturated heterocycles. The van der Waals surface area contributed by atoms with Gasteiger partial charge in [0.15, 0.2) is 10.2 Å². The third-order valence-corrected chi connectivity index (χ3v) is 7.46. The van der Waals surface area contributed by atoms with Crippen molar-refractivity contribution >= 4 is 38.8 Å². The van der Waals surface area contributed by atoms with Gasteiger partial charge in [0.2, 0.25) is 0 Å². The first-order chi connectivity index (χ1) is 15.7. The number of hydrogen-bond donors (Lipinski definition) is 4. The van der Waals surface area contributed by atoms with E-state index in [0.29, 0.717) is 24.4 Å². The number of aromatic amines is 1. The number of nitrogens with zero attached hydrogens (tertiary/aromatic N) is 2. The zero-order valence-corrected chi connectivity index (χ0v) is 21.3. The summed E-state index contributed by atoms with van der Waals surface area (Å²) in [6, 6.07) is 8.79. The van der Waals surface area contributed by atoms with Gasteiger partial charge >= 0.3 is 0 Å². The van der Waals surface area contributed by atoms with Crippen molar-refractivity contribution in [2.75, 3.05) is 20.1 Å². The minimum Gasteiger partial charge on any atom is -0.361 e. The number of rotatable bonds is 6. The Balaban J connectivity index is 0.00000306. The Morgan fingerprint density at radius 3 is 2.55 bits per heavy atom. The van der Waals surface area contributed by atoms with E-state index in [9.17, 15) is 4.79 Å². The zero-order valence-electron chi connectivity index (χ0n) is 20.4. The number of hydrogen-bond acceptors (Lipinski definition) is 5. The van der Waals surface area contributed by atoms with Gasteiger partial charge in [0, 0.05) is 51.2 Å². The molecule has 2 aromatic rings. The smallest absolute Gasteiger partial charge is 0.276 e. The van der Waals surface area contributed by atoms with Crippen LogP contribution in [0.15, 0.2) is 30.5 Å². The number of thioether (sulfide) groups is 1. The molecule has 3 atom stereocenters. The van der Waals surface area contributed by atoms with Gasteiger partial charge in [-0.2, -0.15) is 0 Å². The van der Waals surface area contributed by atoms with Gasteiger partial charge in [-0.1, -0.05) is 32.0 Å². The topological polar surface area (TPSA) is 99.1 Å². The van der Waals surface area contributed by atoms with Crippen LogP contribution < -0.4 is 5.32 Å². The number of para-hydroxylation sites is 1. The second-order valence-corrected chi connectivity index (χ2v) is 10.7. The summed E-state index contributed by atoms with van der Waals surface area (Å²) in [5.74, 6) is 0.143. The number of carbonyl (C=O) groups is 1. The Kier molecular flexibility index (Phi) is 8.59. The number of amidine groups is 1. The maximum Gasteiger partial charge on any atom is 0.276 e. The van der Waals surface area contributed by atoms with Crippen molar-refractivity contribution in [2.45, 2.75) is 65.1 Å². The molecule has 0 saturated carbocycles. The third-order valence-electron chi connectivity index (χ3n) is 6.62. The predicted molar refractivity (Wildman–Crippen MR) is 144 cm³/mol. The van der Waals surface area contributed by atoms with Crippen LogP contribution in [0.25, 0.3) is 10.9 Å². The van der Waals surface area contributed by atoms with Crippen molar-refractivity contribution in [1.29, 1.82) is 10.8 Å². The molecule has 1 aromatic heterocycles. The number of benzene rings is 1. The molecule has 1 aliphatic heterocycles. The van der Waals surface area contributed by atoms with E-state index in [4.69, 9.17) is 10.8 Å². The zero-order chi connectivity index (χ0) is 24.1. The highest BCUT2D eigenvalue weighted by atomic mass is 32.2. The largest absolute Gasteiger partial charge is 0.361 e. The van der Waals surface area contributed by atoms with E-state index in [2.05, 4.69) is 62.1 Å². The van der Waals surface area contributed by atoms with Crippen molar-refractivity contribution < 1.29 is 7.65 Å². The van der Waals surface area contributed by atoms with Crippen molar-refractivity contribution in [3.63, 3.8) is 0 Å². The van der Waals surface area contributed by atoms with Crippen LogP contribution in [0, 0.1) is 16.7 Å². The monoisotopic (exact) mass is 474 g/mol. The van der Waals surface area contributed by atoms with Gasteiger partial charge in [-0.3, -0.25) is 20.5 Å². The van der Waals surface area contributed by atoms with Gasteiger partial charge in [0.25, 0.3) is 5.91 Å². The molecule has 0 aliphatic carbocycles. The van der Waals surface area contributed by atoms with E-state index >= 15 is 0 Å². The highest BCUT2D eigenvalue weighted by molar-refractivity contribution is 8.27. The molecule has 0 spiro atoms. The van der Waals surface area contributed by atoms with Crippen molar-refractivity contribution in [2.24, 2.45) is 5.92 Å². The predicted octanol–water partition coefficient (Wildman–Crippen LogP) is 4.79. The quantitative estimate of drug-likeness (QED) is 0.357. The lowest BCUT2D eigenvalue weighted by molar-refractivity contribution is -0.115. The van der Waals surface area contributed by atoms with Crippen molar-refractivity contribution in [1.82, 2.24) is 20.1 Å². The summed E-state index contributed by atoms with van der Waals surface area (Å²) in [7, 11) is 2.10. The van der Waals surface area contributed by atoms with Crippen LogP contribution in [-0.2, 0) is 11.2 Å². The molecule has 0 bridgehead atoms. The number of likely N-dealkylation sites (N-methyl/N-ethyl adjacent to an activating group) is 1. The Bertz CT molecular complexity index is 985. The van der Waals surface area contributed by atoms with Gasteiger partial charge in [-0.15, -0.1) is 0 Å². The SMILES string of the molecule is CC(C)CCC(Cc1c[nH]c2ccccc12)NC(=O)C(=N)SC(=N)N1C[C@@H](C)N(C)[C@H](C)C1.[HH].[HH]. The van der Waals surface area contributed by atoms with Crippen molar-refractivity contribution in [3.05, 3.63) is 36.0 Å². The van der Waals surface area contributed by atoms with E-state index in [0.717, 1.165) is 43.2 Å². The van der Waals surface area contributed by atoms with Crippen LogP contribution in [0.5, 0.6) is 0 Å². The first-order valence-electron chi connectivity index (χ1n) is 11.8. The van der Waals surface area contributed by atoms with Crippen LogP contribution in [0.2, 0.25) is 0 Å². The van der Waals surface area contributed by atoms with Crippen LogP contribution in [0.1, 0.15) is 49.0 Å². The number of carbonyl (C=O) groups excluding carboxylic acids is 1. The summed E-state index contributed by atoms with van der Waals surface area (Å²) >= 11 is 0.952. The summed E-state index contributed by atoms with van der Waals surface area (Å²) in [6.45, 7) is 10.1. The Hall–Kier alpha value is -2.32. The minimum atomic E-state index is -0.395. The lowest BCUT2D eigenvalue weighted by Crippen LogP contribution is -2.56. The van der Waals surface area contributed by atoms with Crippen LogP contribution in [-0.4, -0.2) is 69.2 Å². The minimum absolute atomic E-state index is 0. The molecular weight excluding hydrogens is 432 g/mol. The molecule has 7 nitrogen and oxygen atoms in total. The molecule has 1 fully saturated rings. The van der Waals surface area contributed by atoms with E-state index in [-0.39, 0.29) is 19.1 Å². The molecule has 8 heteroatoms. The first kappa shape index (κ1) is 25.3. The standard InChI is InChI=1S/C25H38N6OS.2H2/c1-16(2)10-11-20(12-19-13-28-22-9-7-6-8-21(19)22)29-24(32)23(26)33-25(27)31-14-17(3)30(5)18(4)15-31;;/h6-9,13,16-18,20,26-28H,10-12,14-15H2,1-5H3,(H,29,32);2*1H/t17-,18-,20?;;/m1../s1. The number of amides is 1. The van der Waals surface area contributed by atoms with Crippen LogP contribution in [0.4, 0.5) is 0 Å². The summed E-state index contributed by atoms with van der Waals surface area (Å²) in [4.78, 5) is 20.5. The van der Waals surface area contributed by atoms with E-state index < -0.39 is 5.91 Å². The first-order valence-corrected chi connectivity index (χ1v) is 12.6. The molecule has 33 heavy (non-hydrogen) atoms. The molecule has 0 radical (unpaired) electrons. The third kappa shape index (κ3) is 6.60. The Morgan fingerprint density at radius 1 is 1.21 bits per heavy atom. The van der Waals surface area contributed by atoms with Gasteiger partial charge in [0.1, 0.15) is 0 Å². The van der Waals surface area contributed by atoms with Gasteiger partial charge in [0.05, 0.1) is 0 Å². The average Bonchev–Trinajstić information content (AvgIpc) is 3.18. The summed E-state index contributed by atoms with van der Waals surface area (Å²) in [5.41, 5.74) is 2.26. The lowest BCUT2D eigenvalue weighted by atomic mass is 9.97. The number of aromatic nitrogens is 1. The highest BCUT2D eigenvalue weighted by Crippen LogP contribution is 2.22. The Morgan fingerprint density at radius 2 is 1.88 bits per heavy atom. The average molecular weight is 475 g/mol. The summed E-state index contributed by atoms with van der Waals surface area (Å²) < 4.78 is 0. The number of nitrogens with one attached hydrogen (secondary N) is 4. The maximum atomic E-state index is 12.9. The van der Waals surface area contributed by atoms with Crippen LogP contribution in [0.3, 0.4) is 0 Å². The summed E-state index contributed by atoms with van der Waals surface area (Å²) in [5, 5.41) is 21.2. The fourth-order valence-corrected chi connectivity index (χ4v) is 4.98. The van der Waals surface area contributed by atoms with Gasteiger partial charge in [-0.25, -0.2) is 0 Å². The molecule has 4 N–H and O–H groups in total. The lowest BCUT2D eigenvalue weighted by Gasteiger charge is -2.43. The van der Waals surface area contributed by atoms with E-state index in [1.54, 1.807) is 0 Å². The molecule has 1 aromatic carbocycles. The van der Waals surface area contributed by atoms with Gasteiger partial charge < -0.3 is 15.2 Å². The Labute approximate surface area is 204 Å². The van der Waals surface area contributed by atoms with Crippen LogP contribution >= 0.6 is 11.8 Å². The molecule has 1 aliphatic rings. The van der Waals surface area contributed by atoms with Gasteiger partial charge in [-0.05, 0) is 69.5 Å². The fraction of sp³-hybridized carbons (Fsp3) is 0.560. The fourth-order valence-electron chi connectivity index (χ4n) is 4.35. The van der Waals surface area contributed by atoms with Crippen molar-refractivity contribution in [3.8, 4) is 0 Å². The number of fused-ring (bicyclic) bond motifs is 1. The molecule has 1 unspecified atom stereocenters.